The molecule has 1 saturated heterocycles. The molecule has 1 aliphatic rings. The molecular weight excluding hydrogens is 298 g/mol. The molecule has 0 aromatic carbocycles. The Hall–Kier alpha value is -1.14. The third kappa shape index (κ3) is 5.57. The van der Waals surface area contributed by atoms with Crippen molar-refractivity contribution in [3.05, 3.63) is 16.1 Å². The van der Waals surface area contributed by atoms with Crippen molar-refractivity contribution in [3.8, 4) is 0 Å². The Morgan fingerprint density at radius 3 is 2.95 bits per heavy atom. The van der Waals surface area contributed by atoms with E-state index in [1.807, 2.05) is 32.6 Å². The van der Waals surface area contributed by atoms with Crippen molar-refractivity contribution in [2.75, 3.05) is 19.6 Å². The summed E-state index contributed by atoms with van der Waals surface area (Å²) < 4.78 is 5.45. The molecule has 1 aliphatic heterocycles. The lowest BCUT2D eigenvalue weighted by Gasteiger charge is -2.34. The Kier molecular flexibility index (Phi) is 5.81. The lowest BCUT2D eigenvalue weighted by molar-refractivity contribution is 0.0188. The average Bonchev–Trinajstić information content (AvgIpc) is 2.83. The standard InChI is InChI=1S/C16H27N3O2S/c1-12-18-14(11-22-12)7-8-17-13-6-5-9-19(10-13)15(20)21-16(2,3)4/h11,13,17H,5-10H2,1-4H3. The quantitative estimate of drug-likeness (QED) is 0.924. The number of aromatic nitrogens is 1. The number of nitrogens with zero attached hydrogens (tertiary/aromatic N) is 2. The van der Waals surface area contributed by atoms with Gasteiger partial charge in [0, 0.05) is 37.5 Å². The van der Waals surface area contributed by atoms with Gasteiger partial charge >= 0.3 is 6.09 Å². The second-order valence-electron chi connectivity index (χ2n) is 6.83. The van der Waals surface area contributed by atoms with Crippen molar-refractivity contribution in [2.45, 2.75) is 58.6 Å². The van der Waals surface area contributed by atoms with E-state index in [4.69, 9.17) is 4.74 Å². The number of amides is 1. The minimum atomic E-state index is -0.431. The predicted molar refractivity (Wildman–Crippen MR) is 89.4 cm³/mol. The summed E-state index contributed by atoms with van der Waals surface area (Å²) in [4.78, 5) is 18.4. The number of thiazole rings is 1. The minimum absolute atomic E-state index is 0.200. The Bertz CT molecular complexity index is 496. The Morgan fingerprint density at radius 2 is 2.32 bits per heavy atom. The first-order chi connectivity index (χ1) is 10.3. The topological polar surface area (TPSA) is 54.5 Å². The fraction of sp³-hybridized carbons (Fsp3) is 0.750. The van der Waals surface area contributed by atoms with E-state index in [1.54, 1.807) is 11.3 Å². The largest absolute Gasteiger partial charge is 0.444 e. The summed E-state index contributed by atoms with van der Waals surface area (Å²) in [7, 11) is 0. The molecule has 1 unspecified atom stereocenters. The molecule has 1 amide bonds. The van der Waals surface area contributed by atoms with Crippen molar-refractivity contribution >= 4 is 17.4 Å². The van der Waals surface area contributed by atoms with Crippen molar-refractivity contribution in [1.82, 2.24) is 15.2 Å². The molecule has 0 aliphatic carbocycles. The number of hydrogen-bond acceptors (Lipinski definition) is 5. The lowest BCUT2D eigenvalue weighted by Crippen LogP contribution is -2.49. The lowest BCUT2D eigenvalue weighted by atomic mass is 10.1. The van der Waals surface area contributed by atoms with Crippen LogP contribution in [0.1, 0.15) is 44.3 Å². The smallest absolute Gasteiger partial charge is 0.410 e. The van der Waals surface area contributed by atoms with Crippen LogP contribution in [0.3, 0.4) is 0 Å². The zero-order valence-electron chi connectivity index (χ0n) is 14.0. The minimum Gasteiger partial charge on any atom is -0.444 e. The van der Waals surface area contributed by atoms with E-state index in [0.29, 0.717) is 6.04 Å². The van der Waals surface area contributed by atoms with Gasteiger partial charge in [0.2, 0.25) is 0 Å². The highest BCUT2D eigenvalue weighted by molar-refractivity contribution is 7.09. The molecule has 1 fully saturated rings. The third-order valence-corrected chi connectivity index (χ3v) is 4.38. The van der Waals surface area contributed by atoms with Gasteiger partial charge in [-0.3, -0.25) is 0 Å². The second-order valence-corrected chi connectivity index (χ2v) is 7.89. The van der Waals surface area contributed by atoms with Crippen LogP contribution in [0.5, 0.6) is 0 Å². The van der Waals surface area contributed by atoms with E-state index < -0.39 is 5.60 Å². The van der Waals surface area contributed by atoms with Crippen LogP contribution in [0.25, 0.3) is 0 Å². The highest BCUT2D eigenvalue weighted by Crippen LogP contribution is 2.15. The number of carbonyl (C=O) groups excluding carboxylic acids is 1. The van der Waals surface area contributed by atoms with Gasteiger partial charge in [0.25, 0.3) is 0 Å². The second kappa shape index (κ2) is 7.42. The van der Waals surface area contributed by atoms with Gasteiger partial charge in [-0.25, -0.2) is 9.78 Å². The van der Waals surface area contributed by atoms with Crippen LogP contribution in [0.2, 0.25) is 0 Å². The molecular formula is C16H27N3O2S. The van der Waals surface area contributed by atoms with E-state index in [2.05, 4.69) is 15.7 Å². The van der Waals surface area contributed by atoms with E-state index >= 15 is 0 Å². The molecule has 1 aromatic heterocycles. The van der Waals surface area contributed by atoms with Crippen LogP contribution >= 0.6 is 11.3 Å². The van der Waals surface area contributed by atoms with Crippen molar-refractivity contribution in [1.29, 1.82) is 0 Å². The van der Waals surface area contributed by atoms with Crippen LogP contribution in [-0.2, 0) is 11.2 Å². The molecule has 0 spiro atoms. The number of ether oxygens (including phenoxy) is 1. The Balaban J connectivity index is 1.74. The summed E-state index contributed by atoms with van der Waals surface area (Å²) in [6.45, 7) is 10.2. The number of piperidine rings is 1. The zero-order valence-corrected chi connectivity index (χ0v) is 14.8. The average molecular weight is 325 g/mol. The monoisotopic (exact) mass is 325 g/mol. The number of nitrogens with one attached hydrogen (secondary N) is 1. The summed E-state index contributed by atoms with van der Waals surface area (Å²) >= 11 is 1.69. The van der Waals surface area contributed by atoms with Crippen molar-refractivity contribution in [2.24, 2.45) is 0 Å². The molecule has 124 valence electrons. The van der Waals surface area contributed by atoms with E-state index in [9.17, 15) is 4.79 Å². The molecule has 6 heteroatoms. The maximum Gasteiger partial charge on any atom is 0.410 e. The van der Waals surface area contributed by atoms with E-state index in [1.165, 1.54) is 0 Å². The van der Waals surface area contributed by atoms with E-state index in [0.717, 1.165) is 49.6 Å². The number of rotatable bonds is 4. The number of likely N-dealkylation sites (tertiary alicyclic amines) is 1. The third-order valence-electron chi connectivity index (χ3n) is 3.55. The Labute approximate surface area is 137 Å². The van der Waals surface area contributed by atoms with Gasteiger partial charge in [-0.05, 0) is 40.5 Å². The zero-order chi connectivity index (χ0) is 16.2. The van der Waals surface area contributed by atoms with Crippen LogP contribution < -0.4 is 5.32 Å². The normalized spacial score (nSPS) is 19.3. The molecule has 22 heavy (non-hydrogen) atoms. The van der Waals surface area contributed by atoms with Crippen LogP contribution in [-0.4, -0.2) is 47.3 Å². The summed E-state index contributed by atoms with van der Waals surface area (Å²) in [5, 5.41) is 6.77. The van der Waals surface area contributed by atoms with E-state index in [-0.39, 0.29) is 6.09 Å². The van der Waals surface area contributed by atoms with Crippen LogP contribution in [0, 0.1) is 6.92 Å². The Morgan fingerprint density at radius 1 is 1.55 bits per heavy atom. The van der Waals surface area contributed by atoms with Gasteiger partial charge in [-0.2, -0.15) is 0 Å². The number of aryl methyl sites for hydroxylation is 1. The summed E-state index contributed by atoms with van der Waals surface area (Å²) in [6, 6.07) is 0.348. The fourth-order valence-electron chi connectivity index (χ4n) is 2.56. The van der Waals surface area contributed by atoms with Gasteiger partial charge < -0.3 is 15.0 Å². The van der Waals surface area contributed by atoms with Gasteiger partial charge in [-0.15, -0.1) is 11.3 Å². The predicted octanol–water partition coefficient (Wildman–Crippen LogP) is 2.98. The highest BCUT2D eigenvalue weighted by atomic mass is 32.1. The van der Waals surface area contributed by atoms with Gasteiger partial charge in [-0.1, -0.05) is 0 Å². The molecule has 2 heterocycles. The molecule has 1 N–H and O–H groups in total. The first-order valence-electron chi connectivity index (χ1n) is 7.96. The maximum absolute atomic E-state index is 12.1. The summed E-state index contributed by atoms with van der Waals surface area (Å²) in [5.41, 5.74) is 0.717. The van der Waals surface area contributed by atoms with Gasteiger partial charge in [0.15, 0.2) is 0 Å². The number of carbonyl (C=O) groups is 1. The first kappa shape index (κ1) is 17.2. The summed E-state index contributed by atoms with van der Waals surface area (Å²) in [5.74, 6) is 0. The van der Waals surface area contributed by atoms with Gasteiger partial charge in [0.05, 0.1) is 10.7 Å². The van der Waals surface area contributed by atoms with Crippen LogP contribution in [0.4, 0.5) is 4.79 Å². The number of hydrogen-bond donors (Lipinski definition) is 1. The molecule has 1 atom stereocenters. The molecule has 0 saturated carbocycles. The molecule has 5 nitrogen and oxygen atoms in total. The molecule has 2 rings (SSSR count). The maximum atomic E-state index is 12.1. The van der Waals surface area contributed by atoms with Gasteiger partial charge in [0.1, 0.15) is 5.60 Å². The molecule has 1 aromatic rings. The van der Waals surface area contributed by atoms with Crippen LogP contribution in [0.15, 0.2) is 5.38 Å². The molecule has 0 radical (unpaired) electrons. The fourth-order valence-corrected chi connectivity index (χ4v) is 3.21. The first-order valence-corrected chi connectivity index (χ1v) is 8.84. The van der Waals surface area contributed by atoms with Crippen molar-refractivity contribution < 1.29 is 9.53 Å². The van der Waals surface area contributed by atoms with Crippen molar-refractivity contribution in [3.63, 3.8) is 0 Å². The SMILES string of the molecule is Cc1nc(CCNC2CCCN(C(=O)OC(C)(C)C)C2)cs1. The molecule has 0 bridgehead atoms. The summed E-state index contributed by atoms with van der Waals surface area (Å²) in [6.07, 6.45) is 2.86. The highest BCUT2D eigenvalue weighted by Gasteiger charge is 2.27.